The molecule has 0 aromatic carbocycles. The van der Waals surface area contributed by atoms with E-state index in [1.165, 1.54) is 18.4 Å². The third kappa shape index (κ3) is 3.07. The Bertz CT molecular complexity index is 490. The molecule has 1 saturated heterocycles. The number of aliphatic hydroxyl groups is 2. The molecule has 0 unspecified atom stereocenters. The highest BCUT2D eigenvalue weighted by Crippen LogP contribution is 2.58. The Kier molecular flexibility index (Phi) is 4.89. The van der Waals surface area contributed by atoms with E-state index in [-0.39, 0.29) is 17.8 Å². The van der Waals surface area contributed by atoms with Crippen molar-refractivity contribution in [2.75, 3.05) is 13.2 Å². The maximum atomic E-state index is 9.95. The van der Waals surface area contributed by atoms with Crippen LogP contribution in [0.25, 0.3) is 0 Å². The third-order valence-electron chi connectivity index (χ3n) is 7.18. The SMILES string of the molecule is CC1(C)CC[C@@H]1[C@H](O)C1OCCO1.CC1=C[C@@H](O)[C@H]2C[C@@H]1C2(C)C. The first-order valence-electron chi connectivity index (χ1n) is 9.42. The molecule has 0 aromatic rings. The molecule has 5 atom stereocenters. The fourth-order valence-corrected chi connectivity index (χ4v) is 5.10. The molecule has 0 spiro atoms. The van der Waals surface area contributed by atoms with Crippen molar-refractivity contribution in [3.05, 3.63) is 11.6 Å². The first kappa shape index (κ1) is 18.4. The molecule has 4 nitrogen and oxygen atoms in total. The van der Waals surface area contributed by atoms with Gasteiger partial charge in [0.05, 0.1) is 19.3 Å². The van der Waals surface area contributed by atoms with Crippen molar-refractivity contribution in [2.45, 2.75) is 72.4 Å². The highest BCUT2D eigenvalue weighted by molar-refractivity contribution is 5.24. The van der Waals surface area contributed by atoms with Gasteiger partial charge in [-0.15, -0.1) is 0 Å². The molecule has 2 bridgehead atoms. The Morgan fingerprint density at radius 3 is 2.17 bits per heavy atom. The first-order valence-corrected chi connectivity index (χ1v) is 9.42. The Balaban J connectivity index is 0.000000143. The maximum absolute atomic E-state index is 9.95. The quantitative estimate of drug-likeness (QED) is 0.760. The molecule has 138 valence electrons. The molecular formula is C20H34O4. The van der Waals surface area contributed by atoms with Crippen molar-refractivity contribution in [3.63, 3.8) is 0 Å². The molecule has 5 aliphatic rings. The van der Waals surface area contributed by atoms with E-state index in [1.54, 1.807) is 0 Å². The van der Waals surface area contributed by atoms with Gasteiger partial charge in [-0.3, -0.25) is 0 Å². The summed E-state index contributed by atoms with van der Waals surface area (Å²) in [5.74, 6) is 1.61. The van der Waals surface area contributed by atoms with Crippen LogP contribution in [0.5, 0.6) is 0 Å². The summed E-state index contributed by atoms with van der Waals surface area (Å²) in [4.78, 5) is 0. The van der Waals surface area contributed by atoms with Crippen LogP contribution in [-0.2, 0) is 9.47 Å². The fraction of sp³-hybridized carbons (Fsp3) is 0.900. The Labute approximate surface area is 146 Å². The Hall–Kier alpha value is -0.420. The van der Waals surface area contributed by atoms with Gasteiger partial charge in [-0.2, -0.15) is 0 Å². The lowest BCUT2D eigenvalue weighted by Gasteiger charge is -2.57. The summed E-state index contributed by atoms with van der Waals surface area (Å²) in [6.07, 6.45) is 4.55. The summed E-state index contributed by atoms with van der Waals surface area (Å²) in [5, 5.41) is 19.6. The summed E-state index contributed by atoms with van der Waals surface area (Å²) < 4.78 is 10.6. The normalized spacial score (nSPS) is 40.5. The van der Waals surface area contributed by atoms with Crippen LogP contribution in [0, 0.1) is 28.6 Å². The van der Waals surface area contributed by atoms with E-state index >= 15 is 0 Å². The summed E-state index contributed by atoms with van der Waals surface area (Å²) in [6.45, 7) is 12.3. The first-order chi connectivity index (χ1) is 11.1. The van der Waals surface area contributed by atoms with E-state index in [1.807, 2.05) is 6.08 Å². The van der Waals surface area contributed by atoms with Gasteiger partial charge in [0.2, 0.25) is 0 Å². The van der Waals surface area contributed by atoms with Gasteiger partial charge in [0.1, 0.15) is 6.10 Å². The van der Waals surface area contributed by atoms with Crippen LogP contribution in [-0.4, -0.2) is 41.9 Å². The van der Waals surface area contributed by atoms with Gasteiger partial charge in [-0.25, -0.2) is 0 Å². The number of hydrogen-bond acceptors (Lipinski definition) is 4. The monoisotopic (exact) mass is 338 g/mol. The van der Waals surface area contributed by atoms with Crippen molar-refractivity contribution < 1.29 is 19.7 Å². The van der Waals surface area contributed by atoms with Crippen molar-refractivity contribution in [2.24, 2.45) is 28.6 Å². The smallest absolute Gasteiger partial charge is 0.183 e. The predicted octanol–water partition coefficient (Wildman–Crippen LogP) is 3.13. The van der Waals surface area contributed by atoms with E-state index in [9.17, 15) is 10.2 Å². The van der Waals surface area contributed by atoms with Gasteiger partial charge in [0.15, 0.2) is 6.29 Å². The Morgan fingerprint density at radius 1 is 1.17 bits per heavy atom. The van der Waals surface area contributed by atoms with Crippen LogP contribution in [0.3, 0.4) is 0 Å². The van der Waals surface area contributed by atoms with Crippen LogP contribution in [0.15, 0.2) is 11.6 Å². The molecule has 1 aliphatic heterocycles. The predicted molar refractivity (Wildman–Crippen MR) is 93.3 cm³/mol. The van der Waals surface area contributed by atoms with Gasteiger partial charge in [0.25, 0.3) is 0 Å². The molecule has 3 fully saturated rings. The zero-order valence-electron chi connectivity index (χ0n) is 15.8. The topological polar surface area (TPSA) is 58.9 Å². The van der Waals surface area contributed by atoms with Crippen molar-refractivity contribution in [1.29, 1.82) is 0 Å². The summed E-state index contributed by atoms with van der Waals surface area (Å²) in [7, 11) is 0. The zero-order chi connectivity index (χ0) is 17.7. The molecule has 4 heteroatoms. The molecule has 0 amide bonds. The molecule has 4 aliphatic carbocycles. The number of hydrogen-bond donors (Lipinski definition) is 2. The van der Waals surface area contributed by atoms with E-state index in [0.29, 0.717) is 30.5 Å². The minimum Gasteiger partial charge on any atom is -0.389 e. The van der Waals surface area contributed by atoms with Crippen LogP contribution in [0.1, 0.15) is 53.9 Å². The van der Waals surface area contributed by atoms with Crippen LogP contribution < -0.4 is 0 Å². The van der Waals surface area contributed by atoms with Crippen molar-refractivity contribution >= 4 is 0 Å². The summed E-state index contributed by atoms with van der Waals surface area (Å²) >= 11 is 0. The van der Waals surface area contributed by atoms with Gasteiger partial charge >= 0.3 is 0 Å². The minimum absolute atomic E-state index is 0.171. The zero-order valence-corrected chi connectivity index (χ0v) is 15.8. The number of ether oxygens (including phenoxy) is 2. The molecule has 2 N–H and O–H groups in total. The second-order valence-electron chi connectivity index (χ2n) is 9.35. The molecule has 0 radical (unpaired) electrons. The fourth-order valence-electron chi connectivity index (χ4n) is 5.10. The molecule has 0 aromatic heterocycles. The lowest BCUT2D eigenvalue weighted by Crippen LogP contribution is -2.53. The number of allylic oxidation sites excluding steroid dienone is 1. The van der Waals surface area contributed by atoms with Crippen LogP contribution in [0.2, 0.25) is 0 Å². The van der Waals surface area contributed by atoms with Gasteiger partial charge in [0, 0.05) is 0 Å². The van der Waals surface area contributed by atoms with Gasteiger partial charge in [-0.05, 0) is 54.8 Å². The minimum atomic E-state index is -0.439. The van der Waals surface area contributed by atoms with E-state index < -0.39 is 6.10 Å². The average molecular weight is 338 g/mol. The number of rotatable bonds is 2. The van der Waals surface area contributed by atoms with Crippen LogP contribution >= 0.6 is 0 Å². The lowest BCUT2D eigenvalue weighted by atomic mass is 9.48. The second kappa shape index (κ2) is 6.39. The third-order valence-corrected chi connectivity index (χ3v) is 7.18. The number of fused-ring (bicyclic) bond motifs is 1. The van der Waals surface area contributed by atoms with Crippen molar-refractivity contribution in [3.8, 4) is 0 Å². The number of aliphatic hydroxyl groups excluding tert-OH is 2. The molecule has 24 heavy (non-hydrogen) atoms. The highest BCUT2D eigenvalue weighted by Gasteiger charge is 2.53. The summed E-state index contributed by atoms with van der Waals surface area (Å²) in [5.41, 5.74) is 2.01. The maximum Gasteiger partial charge on any atom is 0.183 e. The van der Waals surface area contributed by atoms with Gasteiger partial charge in [-0.1, -0.05) is 39.3 Å². The lowest BCUT2D eigenvalue weighted by molar-refractivity contribution is -0.174. The molecular weight excluding hydrogens is 304 g/mol. The second-order valence-corrected chi connectivity index (χ2v) is 9.35. The van der Waals surface area contributed by atoms with E-state index in [0.717, 1.165) is 12.3 Å². The standard InChI is InChI=1S/C10H18O3.C10H16O/c1-10(2)4-3-7(10)8(11)9-12-5-6-13-9;1-6-4-9(11)8-5-7(6)10(8,2)3/h7-9,11H,3-6H2,1-2H3;4,7-9,11H,5H2,1-3H3/t7-,8+;7-,8+,9+/m10/s1. The van der Waals surface area contributed by atoms with Crippen LogP contribution in [0.4, 0.5) is 0 Å². The summed E-state index contributed by atoms with van der Waals surface area (Å²) in [6, 6.07) is 0. The van der Waals surface area contributed by atoms with Gasteiger partial charge < -0.3 is 19.7 Å². The average Bonchev–Trinajstić information content (AvgIpc) is 2.99. The molecule has 1 heterocycles. The van der Waals surface area contributed by atoms with E-state index in [4.69, 9.17) is 9.47 Å². The molecule has 5 rings (SSSR count). The van der Waals surface area contributed by atoms with Crippen molar-refractivity contribution in [1.82, 2.24) is 0 Å². The highest BCUT2D eigenvalue weighted by atomic mass is 16.7. The molecule has 2 saturated carbocycles. The largest absolute Gasteiger partial charge is 0.389 e. The van der Waals surface area contributed by atoms with E-state index in [2.05, 4.69) is 34.6 Å². The Morgan fingerprint density at radius 2 is 1.79 bits per heavy atom.